The van der Waals surface area contributed by atoms with Gasteiger partial charge in [0.05, 0.1) is 0 Å². The minimum Gasteiger partial charge on any atom is -0.491 e. The van der Waals surface area contributed by atoms with E-state index in [9.17, 15) is 5.11 Å². The van der Waals surface area contributed by atoms with Gasteiger partial charge in [-0.05, 0) is 28.1 Å². The molecule has 5 nitrogen and oxygen atoms in total. The van der Waals surface area contributed by atoms with Crippen LogP contribution in [0.4, 0.5) is 0 Å². The molecule has 0 unspecified atom stereocenters. The van der Waals surface area contributed by atoms with Crippen molar-refractivity contribution in [3.05, 3.63) is 41.5 Å². The van der Waals surface area contributed by atoms with Gasteiger partial charge in [0, 0.05) is 30.4 Å². The first-order chi connectivity index (χ1) is 8.27. The van der Waals surface area contributed by atoms with Crippen molar-refractivity contribution in [3.8, 4) is 17.1 Å². The largest absolute Gasteiger partial charge is 0.491 e. The topological polar surface area (TPSA) is 63.3 Å². The second kappa shape index (κ2) is 3.81. The molecule has 0 radical (unpaired) electrons. The second-order valence-corrected chi connectivity index (χ2v) is 4.18. The third-order valence-electron chi connectivity index (χ3n) is 2.42. The second-order valence-electron chi connectivity index (χ2n) is 3.43. The van der Waals surface area contributed by atoms with E-state index >= 15 is 0 Å². The summed E-state index contributed by atoms with van der Waals surface area (Å²) in [5.41, 5.74) is 2.09. The molecule has 3 heterocycles. The van der Waals surface area contributed by atoms with E-state index in [1.807, 2.05) is 12.1 Å². The molecule has 3 aromatic heterocycles. The number of aromatic hydroxyl groups is 1. The summed E-state index contributed by atoms with van der Waals surface area (Å²) in [4.78, 5) is 12.1. The number of fused-ring (bicyclic) bond motifs is 1. The summed E-state index contributed by atoms with van der Waals surface area (Å²) in [5, 5.41) is 9.63. The lowest BCUT2D eigenvalue weighted by atomic mass is 10.2. The standard InChI is InChI=1S/C11H7BrN4O/c12-9-8(7-1-3-13-4-2-7)15-10-11(17)14-5-6-16(9)10/h1-6H,(H,14,17). The maximum absolute atomic E-state index is 9.63. The first-order valence-corrected chi connectivity index (χ1v) is 5.68. The Morgan fingerprint density at radius 3 is 2.65 bits per heavy atom. The molecular weight excluding hydrogens is 284 g/mol. The Balaban J connectivity index is 2.32. The van der Waals surface area contributed by atoms with Crippen molar-refractivity contribution in [2.45, 2.75) is 0 Å². The molecule has 0 bridgehead atoms. The zero-order valence-electron chi connectivity index (χ0n) is 8.58. The molecule has 0 aliphatic carbocycles. The van der Waals surface area contributed by atoms with Crippen LogP contribution in [0.3, 0.4) is 0 Å². The lowest BCUT2D eigenvalue weighted by molar-refractivity contribution is 0.455. The van der Waals surface area contributed by atoms with Crippen molar-refractivity contribution in [2.24, 2.45) is 0 Å². The van der Waals surface area contributed by atoms with Crippen LogP contribution in [0.2, 0.25) is 0 Å². The summed E-state index contributed by atoms with van der Waals surface area (Å²) in [6.07, 6.45) is 6.65. The first kappa shape index (κ1) is 10.2. The summed E-state index contributed by atoms with van der Waals surface area (Å²) < 4.78 is 2.51. The Bertz CT molecular complexity index is 681. The van der Waals surface area contributed by atoms with E-state index in [0.29, 0.717) is 5.65 Å². The van der Waals surface area contributed by atoms with E-state index in [2.05, 4.69) is 30.9 Å². The summed E-state index contributed by atoms with van der Waals surface area (Å²) in [5.74, 6) is -0.0893. The van der Waals surface area contributed by atoms with Crippen LogP contribution in [-0.2, 0) is 0 Å². The number of pyridine rings is 1. The smallest absolute Gasteiger partial charge is 0.255 e. The first-order valence-electron chi connectivity index (χ1n) is 4.89. The zero-order valence-corrected chi connectivity index (χ0v) is 10.2. The lowest BCUT2D eigenvalue weighted by Gasteiger charge is -1.96. The van der Waals surface area contributed by atoms with Gasteiger partial charge in [0.1, 0.15) is 10.3 Å². The van der Waals surface area contributed by atoms with Crippen LogP contribution < -0.4 is 0 Å². The Kier molecular flexibility index (Phi) is 2.29. The van der Waals surface area contributed by atoms with Gasteiger partial charge in [-0.2, -0.15) is 0 Å². The molecule has 0 amide bonds. The minimum absolute atomic E-state index is 0.0893. The van der Waals surface area contributed by atoms with Gasteiger partial charge in [0.15, 0.2) is 0 Å². The number of hydrogen-bond donors (Lipinski definition) is 1. The van der Waals surface area contributed by atoms with Crippen LogP contribution in [0.25, 0.3) is 16.9 Å². The van der Waals surface area contributed by atoms with Gasteiger partial charge in [0.25, 0.3) is 5.88 Å². The minimum atomic E-state index is -0.0893. The maximum Gasteiger partial charge on any atom is 0.255 e. The molecule has 84 valence electrons. The molecule has 17 heavy (non-hydrogen) atoms. The van der Waals surface area contributed by atoms with Crippen LogP contribution in [0.5, 0.6) is 5.88 Å². The van der Waals surface area contributed by atoms with Crippen LogP contribution in [-0.4, -0.2) is 24.5 Å². The normalized spacial score (nSPS) is 10.9. The quantitative estimate of drug-likeness (QED) is 0.747. The average Bonchev–Trinajstić information content (AvgIpc) is 2.70. The monoisotopic (exact) mass is 290 g/mol. The van der Waals surface area contributed by atoms with Crippen molar-refractivity contribution in [3.63, 3.8) is 0 Å². The molecule has 0 atom stereocenters. The molecule has 0 aromatic carbocycles. The van der Waals surface area contributed by atoms with Crippen molar-refractivity contribution < 1.29 is 5.11 Å². The highest BCUT2D eigenvalue weighted by molar-refractivity contribution is 9.10. The van der Waals surface area contributed by atoms with Crippen molar-refractivity contribution in [1.29, 1.82) is 0 Å². The van der Waals surface area contributed by atoms with E-state index in [1.165, 1.54) is 6.20 Å². The highest BCUT2D eigenvalue weighted by Gasteiger charge is 2.14. The summed E-state index contributed by atoms with van der Waals surface area (Å²) in [6.45, 7) is 0. The summed E-state index contributed by atoms with van der Waals surface area (Å²) in [6, 6.07) is 3.72. The third kappa shape index (κ3) is 1.57. The molecule has 0 fully saturated rings. The maximum atomic E-state index is 9.63. The Labute approximate surface area is 105 Å². The fourth-order valence-electron chi connectivity index (χ4n) is 1.63. The Morgan fingerprint density at radius 2 is 1.94 bits per heavy atom. The molecule has 3 rings (SSSR count). The van der Waals surface area contributed by atoms with Crippen LogP contribution in [0.1, 0.15) is 0 Å². The SMILES string of the molecule is Oc1nccn2c(Br)c(-c3ccncc3)nc12. The molecule has 0 aliphatic heterocycles. The fourth-order valence-corrected chi connectivity index (χ4v) is 2.23. The molecule has 0 spiro atoms. The number of nitrogens with zero attached hydrogens (tertiary/aromatic N) is 4. The number of halogens is 1. The van der Waals surface area contributed by atoms with E-state index < -0.39 is 0 Å². The molecule has 0 saturated carbocycles. The molecule has 1 N–H and O–H groups in total. The van der Waals surface area contributed by atoms with Crippen LogP contribution in [0.15, 0.2) is 41.5 Å². The van der Waals surface area contributed by atoms with Gasteiger partial charge in [-0.15, -0.1) is 0 Å². The number of hydrogen-bond acceptors (Lipinski definition) is 4. The van der Waals surface area contributed by atoms with E-state index in [1.54, 1.807) is 23.0 Å². The van der Waals surface area contributed by atoms with Gasteiger partial charge in [-0.25, -0.2) is 9.97 Å². The van der Waals surface area contributed by atoms with Crippen molar-refractivity contribution in [1.82, 2.24) is 19.4 Å². The van der Waals surface area contributed by atoms with Crippen LogP contribution in [0, 0.1) is 0 Å². The Hall–Kier alpha value is -1.95. The summed E-state index contributed by atoms with van der Waals surface area (Å²) in [7, 11) is 0. The van der Waals surface area contributed by atoms with E-state index in [-0.39, 0.29) is 5.88 Å². The molecular formula is C11H7BrN4O. The van der Waals surface area contributed by atoms with Crippen LogP contribution >= 0.6 is 15.9 Å². The highest BCUT2D eigenvalue weighted by atomic mass is 79.9. The van der Waals surface area contributed by atoms with Gasteiger partial charge < -0.3 is 5.11 Å². The third-order valence-corrected chi connectivity index (χ3v) is 3.18. The average molecular weight is 291 g/mol. The van der Waals surface area contributed by atoms with Crippen molar-refractivity contribution in [2.75, 3.05) is 0 Å². The number of rotatable bonds is 1. The van der Waals surface area contributed by atoms with Gasteiger partial charge in [0.2, 0.25) is 5.65 Å². The Morgan fingerprint density at radius 1 is 1.18 bits per heavy atom. The van der Waals surface area contributed by atoms with Gasteiger partial charge in [-0.1, -0.05) is 0 Å². The van der Waals surface area contributed by atoms with Gasteiger partial charge >= 0.3 is 0 Å². The number of aromatic nitrogens is 4. The molecule has 3 aromatic rings. The number of imidazole rings is 1. The molecule has 0 aliphatic rings. The zero-order chi connectivity index (χ0) is 11.8. The highest BCUT2D eigenvalue weighted by Crippen LogP contribution is 2.30. The predicted molar refractivity (Wildman–Crippen MR) is 65.6 cm³/mol. The molecule has 0 saturated heterocycles. The summed E-state index contributed by atoms with van der Waals surface area (Å²) >= 11 is 3.46. The van der Waals surface area contributed by atoms with E-state index in [0.717, 1.165) is 15.9 Å². The van der Waals surface area contributed by atoms with Gasteiger partial charge in [-0.3, -0.25) is 9.38 Å². The fraction of sp³-hybridized carbons (Fsp3) is 0. The van der Waals surface area contributed by atoms with E-state index in [4.69, 9.17) is 0 Å². The lowest BCUT2D eigenvalue weighted by Crippen LogP contribution is -1.86. The molecule has 6 heteroatoms. The van der Waals surface area contributed by atoms with Crippen molar-refractivity contribution >= 4 is 21.6 Å². The predicted octanol–water partition coefficient (Wildman–Crippen LogP) is 2.26.